The third-order valence-electron chi connectivity index (χ3n) is 4.67. The Balaban J connectivity index is 0.00000364. The maximum absolute atomic E-state index is 11.9. The number of hydrogen-bond donors (Lipinski definition) is 4. The number of halogens is 1. The van der Waals surface area contributed by atoms with Gasteiger partial charge in [0.05, 0.1) is 6.61 Å². The van der Waals surface area contributed by atoms with Crippen LogP contribution in [-0.2, 0) is 11.3 Å². The number of aliphatic hydroxyl groups excluding tert-OH is 1. The molecule has 1 saturated heterocycles. The first-order valence-electron chi connectivity index (χ1n) is 9.13. The van der Waals surface area contributed by atoms with Gasteiger partial charge < -0.3 is 25.8 Å². The summed E-state index contributed by atoms with van der Waals surface area (Å²) in [4.78, 5) is 16.2. The summed E-state index contributed by atoms with van der Waals surface area (Å²) < 4.78 is 5.51. The number of hydrogen-bond acceptors (Lipinski definition) is 4. The van der Waals surface area contributed by atoms with Gasteiger partial charge in [0, 0.05) is 50.9 Å². The predicted octanol–water partition coefficient (Wildman–Crippen LogP) is 1.51. The molecule has 1 unspecified atom stereocenters. The Morgan fingerprint density at radius 2 is 2.15 bits per heavy atom. The van der Waals surface area contributed by atoms with Crippen LogP contribution in [0.3, 0.4) is 0 Å². The molecule has 1 aromatic carbocycles. The number of carbonyl (C=O) groups excluding carboxylic acids is 1. The Kier molecular flexibility index (Phi) is 10.6. The molecule has 1 atom stereocenters. The molecule has 0 bridgehead atoms. The van der Waals surface area contributed by atoms with Crippen molar-refractivity contribution in [3.8, 4) is 0 Å². The molecule has 2 rings (SSSR count). The summed E-state index contributed by atoms with van der Waals surface area (Å²) >= 11 is 0. The van der Waals surface area contributed by atoms with Crippen LogP contribution in [0.2, 0.25) is 0 Å². The van der Waals surface area contributed by atoms with Crippen LogP contribution in [0.25, 0.3) is 0 Å². The van der Waals surface area contributed by atoms with Crippen molar-refractivity contribution in [1.29, 1.82) is 0 Å². The van der Waals surface area contributed by atoms with Crippen molar-refractivity contribution in [2.45, 2.75) is 26.3 Å². The largest absolute Gasteiger partial charge is 0.396 e. The number of aliphatic hydroxyl groups is 1. The second kappa shape index (κ2) is 12.1. The molecule has 27 heavy (non-hydrogen) atoms. The average Bonchev–Trinajstić information content (AvgIpc) is 3.11. The van der Waals surface area contributed by atoms with E-state index in [0.29, 0.717) is 44.2 Å². The molecule has 1 aromatic rings. The van der Waals surface area contributed by atoms with Crippen molar-refractivity contribution in [2.24, 2.45) is 10.4 Å². The third kappa shape index (κ3) is 7.27. The molecular formula is C19H31IN4O3. The van der Waals surface area contributed by atoms with E-state index in [1.807, 2.05) is 25.1 Å². The number of carbonyl (C=O) groups is 1. The summed E-state index contributed by atoms with van der Waals surface area (Å²) in [5.41, 5.74) is 1.62. The highest BCUT2D eigenvalue weighted by atomic mass is 127. The quantitative estimate of drug-likeness (QED) is 0.252. The molecule has 1 amide bonds. The van der Waals surface area contributed by atoms with Crippen LogP contribution in [0, 0.1) is 5.41 Å². The van der Waals surface area contributed by atoms with E-state index in [4.69, 9.17) is 4.74 Å². The molecule has 1 aliphatic heterocycles. The van der Waals surface area contributed by atoms with Crippen LogP contribution in [0.4, 0.5) is 0 Å². The number of benzene rings is 1. The van der Waals surface area contributed by atoms with Crippen molar-refractivity contribution >= 4 is 35.8 Å². The molecule has 0 radical (unpaired) electrons. The van der Waals surface area contributed by atoms with Crippen molar-refractivity contribution in [1.82, 2.24) is 16.0 Å². The zero-order valence-electron chi connectivity index (χ0n) is 16.1. The molecule has 152 valence electrons. The predicted molar refractivity (Wildman–Crippen MR) is 118 cm³/mol. The first kappa shape index (κ1) is 23.6. The standard InChI is InChI=1S/C19H30N4O3.HI/c1-3-21-17(25)16-6-4-5-15(11-16)12-22-18(20-2)23-13-19(7-9-24)8-10-26-14-19;/h4-6,11,24H,3,7-10,12-14H2,1-2H3,(H,21,25)(H2,20,22,23);1H. The van der Waals surface area contributed by atoms with Crippen molar-refractivity contribution in [2.75, 3.05) is 40.0 Å². The minimum Gasteiger partial charge on any atom is -0.396 e. The molecule has 8 heteroatoms. The van der Waals surface area contributed by atoms with E-state index in [1.54, 1.807) is 13.1 Å². The second-order valence-corrected chi connectivity index (χ2v) is 6.62. The number of amides is 1. The topological polar surface area (TPSA) is 95.0 Å². The molecule has 1 aliphatic rings. The van der Waals surface area contributed by atoms with Gasteiger partial charge in [0.2, 0.25) is 0 Å². The van der Waals surface area contributed by atoms with Crippen LogP contribution < -0.4 is 16.0 Å². The van der Waals surface area contributed by atoms with Gasteiger partial charge in [-0.25, -0.2) is 0 Å². The molecule has 0 aliphatic carbocycles. The lowest BCUT2D eigenvalue weighted by molar-refractivity contribution is 0.0955. The zero-order chi connectivity index (χ0) is 18.8. The Bertz CT molecular complexity index is 619. The highest BCUT2D eigenvalue weighted by Gasteiger charge is 2.34. The molecule has 0 aromatic heterocycles. The highest BCUT2D eigenvalue weighted by molar-refractivity contribution is 14.0. The van der Waals surface area contributed by atoms with Gasteiger partial charge in [-0.15, -0.1) is 24.0 Å². The molecular weight excluding hydrogens is 459 g/mol. The van der Waals surface area contributed by atoms with Crippen LogP contribution in [0.5, 0.6) is 0 Å². The van der Waals surface area contributed by atoms with Gasteiger partial charge in [-0.05, 0) is 37.5 Å². The minimum atomic E-state index is -0.0657. The number of aliphatic imine (C=N–C) groups is 1. The number of rotatable bonds is 8. The zero-order valence-corrected chi connectivity index (χ0v) is 18.4. The van der Waals surface area contributed by atoms with Crippen molar-refractivity contribution in [3.05, 3.63) is 35.4 Å². The SMILES string of the molecule is CCNC(=O)c1cccc(CNC(=NC)NCC2(CCO)CCOC2)c1.I. The van der Waals surface area contributed by atoms with Gasteiger partial charge in [0.1, 0.15) is 0 Å². The van der Waals surface area contributed by atoms with E-state index in [9.17, 15) is 9.90 Å². The van der Waals surface area contributed by atoms with E-state index in [2.05, 4.69) is 20.9 Å². The lowest BCUT2D eigenvalue weighted by atomic mass is 9.84. The number of nitrogens with one attached hydrogen (secondary N) is 3. The Morgan fingerprint density at radius 1 is 1.33 bits per heavy atom. The monoisotopic (exact) mass is 490 g/mol. The third-order valence-corrected chi connectivity index (χ3v) is 4.67. The molecule has 7 nitrogen and oxygen atoms in total. The first-order chi connectivity index (χ1) is 12.6. The Morgan fingerprint density at radius 3 is 2.78 bits per heavy atom. The average molecular weight is 490 g/mol. The van der Waals surface area contributed by atoms with E-state index in [1.165, 1.54) is 0 Å². The van der Waals surface area contributed by atoms with Crippen molar-refractivity contribution in [3.63, 3.8) is 0 Å². The number of nitrogens with zero attached hydrogens (tertiary/aromatic N) is 1. The lowest BCUT2D eigenvalue weighted by Crippen LogP contribution is -2.44. The molecule has 0 saturated carbocycles. The van der Waals surface area contributed by atoms with E-state index in [-0.39, 0.29) is 41.9 Å². The summed E-state index contributed by atoms with van der Waals surface area (Å²) in [6, 6.07) is 7.54. The summed E-state index contributed by atoms with van der Waals surface area (Å²) in [7, 11) is 1.73. The summed E-state index contributed by atoms with van der Waals surface area (Å²) in [5.74, 6) is 0.627. The maximum Gasteiger partial charge on any atom is 0.251 e. The van der Waals surface area contributed by atoms with Crippen LogP contribution in [-0.4, -0.2) is 56.9 Å². The number of guanidine groups is 1. The summed E-state index contributed by atoms with van der Waals surface area (Å²) in [6.07, 6.45) is 1.65. The molecule has 4 N–H and O–H groups in total. The Hall–Kier alpha value is -1.39. The van der Waals surface area contributed by atoms with Gasteiger partial charge >= 0.3 is 0 Å². The van der Waals surface area contributed by atoms with Crippen LogP contribution in [0.1, 0.15) is 35.7 Å². The number of ether oxygens (including phenoxy) is 1. The lowest BCUT2D eigenvalue weighted by Gasteiger charge is -2.27. The second-order valence-electron chi connectivity index (χ2n) is 6.62. The van der Waals surface area contributed by atoms with Gasteiger partial charge in [0.15, 0.2) is 5.96 Å². The highest BCUT2D eigenvalue weighted by Crippen LogP contribution is 2.31. The van der Waals surface area contributed by atoms with Gasteiger partial charge in [-0.3, -0.25) is 9.79 Å². The Labute approximate surface area is 178 Å². The molecule has 1 heterocycles. The fourth-order valence-corrected chi connectivity index (χ4v) is 3.07. The van der Waals surface area contributed by atoms with Gasteiger partial charge in [0.25, 0.3) is 5.91 Å². The maximum atomic E-state index is 11.9. The fourth-order valence-electron chi connectivity index (χ4n) is 3.07. The van der Waals surface area contributed by atoms with E-state index < -0.39 is 0 Å². The first-order valence-corrected chi connectivity index (χ1v) is 9.13. The summed E-state index contributed by atoms with van der Waals surface area (Å²) in [5, 5.41) is 18.7. The molecule has 1 fully saturated rings. The van der Waals surface area contributed by atoms with Crippen molar-refractivity contribution < 1.29 is 14.6 Å². The van der Waals surface area contributed by atoms with Crippen LogP contribution in [0.15, 0.2) is 29.3 Å². The van der Waals surface area contributed by atoms with Gasteiger partial charge in [-0.2, -0.15) is 0 Å². The summed E-state index contributed by atoms with van der Waals surface area (Å²) in [6.45, 7) is 5.33. The fraction of sp³-hybridized carbons (Fsp3) is 0.579. The van der Waals surface area contributed by atoms with Crippen LogP contribution >= 0.6 is 24.0 Å². The normalized spacial score (nSPS) is 19.3. The van der Waals surface area contributed by atoms with E-state index >= 15 is 0 Å². The molecule has 0 spiro atoms. The minimum absolute atomic E-state index is 0. The van der Waals surface area contributed by atoms with Gasteiger partial charge in [-0.1, -0.05) is 12.1 Å². The smallest absolute Gasteiger partial charge is 0.251 e. The van der Waals surface area contributed by atoms with E-state index in [0.717, 1.165) is 18.6 Å².